The highest BCUT2D eigenvalue weighted by Crippen LogP contribution is 2.36. The van der Waals surface area contributed by atoms with Gasteiger partial charge in [0.05, 0.1) is 0 Å². The molecule has 1 heterocycles. The molecule has 4 rings (SSSR count). The van der Waals surface area contributed by atoms with E-state index < -0.39 is 17.2 Å². The molecule has 0 aliphatic heterocycles. The van der Waals surface area contributed by atoms with Crippen molar-refractivity contribution in [1.82, 2.24) is 15.5 Å². The molecule has 1 aromatic heterocycles. The van der Waals surface area contributed by atoms with Gasteiger partial charge in [-0.05, 0) is 49.2 Å². The number of nitrogens with zero attached hydrogens (tertiary/aromatic N) is 2. The Morgan fingerprint density at radius 3 is 2.62 bits per heavy atom. The van der Waals surface area contributed by atoms with Gasteiger partial charge in [0.25, 0.3) is 11.1 Å². The minimum absolute atomic E-state index is 0.0842. The highest BCUT2D eigenvalue weighted by molar-refractivity contribution is 8.00. The number of thioether (sulfide) groups is 1. The average Bonchev–Trinajstić information content (AvgIpc) is 3.42. The minimum Gasteiger partial charge on any atom is -0.478 e. The van der Waals surface area contributed by atoms with Crippen molar-refractivity contribution >= 4 is 17.7 Å². The van der Waals surface area contributed by atoms with Gasteiger partial charge in [0.1, 0.15) is 5.25 Å². The molecule has 150 valence electrons. The van der Waals surface area contributed by atoms with E-state index in [1.165, 1.54) is 23.9 Å². The van der Waals surface area contributed by atoms with Crippen LogP contribution in [0.4, 0.5) is 4.39 Å². The second-order valence-corrected chi connectivity index (χ2v) is 7.84. The van der Waals surface area contributed by atoms with Crippen LogP contribution in [0.1, 0.15) is 42.6 Å². The summed E-state index contributed by atoms with van der Waals surface area (Å²) in [6.45, 7) is 1.70. The maximum atomic E-state index is 13.8. The van der Waals surface area contributed by atoms with E-state index in [4.69, 9.17) is 9.15 Å². The molecule has 6 nitrogen and oxygen atoms in total. The molecule has 0 saturated heterocycles. The molecule has 3 aromatic rings. The Kier molecular flexibility index (Phi) is 5.80. The SMILES string of the molecule is C[C@@H](Oc1ccccc1F)c1nnc(S[C@@H](C(=O)NC2CC2)c2ccccc2)o1. The third-order valence-electron chi connectivity index (χ3n) is 4.39. The molecule has 0 unspecified atom stereocenters. The van der Waals surface area contributed by atoms with Crippen molar-refractivity contribution in [3.05, 3.63) is 71.9 Å². The van der Waals surface area contributed by atoms with Crippen molar-refractivity contribution in [2.24, 2.45) is 0 Å². The smallest absolute Gasteiger partial charge is 0.277 e. The fraction of sp³-hybridized carbons (Fsp3) is 0.286. The summed E-state index contributed by atoms with van der Waals surface area (Å²) in [5, 5.41) is 10.8. The van der Waals surface area contributed by atoms with Crippen molar-refractivity contribution in [3.63, 3.8) is 0 Å². The number of nitrogens with one attached hydrogen (secondary N) is 1. The number of benzene rings is 2. The van der Waals surface area contributed by atoms with Crippen LogP contribution in [0.2, 0.25) is 0 Å². The lowest BCUT2D eigenvalue weighted by Gasteiger charge is -2.15. The number of hydrogen-bond donors (Lipinski definition) is 1. The zero-order valence-electron chi connectivity index (χ0n) is 15.7. The highest BCUT2D eigenvalue weighted by atomic mass is 32.2. The monoisotopic (exact) mass is 413 g/mol. The molecule has 1 fully saturated rings. The number of para-hydroxylation sites is 1. The van der Waals surface area contributed by atoms with E-state index in [0.29, 0.717) is 0 Å². The Morgan fingerprint density at radius 1 is 1.17 bits per heavy atom. The Bertz CT molecular complexity index is 978. The molecule has 1 N–H and O–H groups in total. The second-order valence-electron chi connectivity index (χ2n) is 6.79. The molecule has 0 bridgehead atoms. The fourth-order valence-electron chi connectivity index (χ4n) is 2.72. The van der Waals surface area contributed by atoms with Crippen LogP contribution in [0.25, 0.3) is 0 Å². The van der Waals surface area contributed by atoms with Gasteiger partial charge in [0, 0.05) is 6.04 Å². The van der Waals surface area contributed by atoms with Crippen LogP contribution in [-0.2, 0) is 4.79 Å². The van der Waals surface area contributed by atoms with Gasteiger partial charge in [0.2, 0.25) is 5.91 Å². The molecular formula is C21H20FN3O3S. The summed E-state index contributed by atoms with van der Waals surface area (Å²) in [4.78, 5) is 12.7. The summed E-state index contributed by atoms with van der Waals surface area (Å²) in [7, 11) is 0. The first-order chi connectivity index (χ1) is 14.1. The summed E-state index contributed by atoms with van der Waals surface area (Å²) in [5.41, 5.74) is 0.853. The molecule has 1 aliphatic carbocycles. The predicted molar refractivity (Wildman–Crippen MR) is 106 cm³/mol. The van der Waals surface area contributed by atoms with E-state index in [1.807, 2.05) is 30.3 Å². The summed E-state index contributed by atoms with van der Waals surface area (Å²) in [6.07, 6.45) is 1.38. The number of ether oxygens (including phenoxy) is 1. The molecule has 1 saturated carbocycles. The van der Waals surface area contributed by atoms with E-state index in [0.717, 1.165) is 18.4 Å². The van der Waals surface area contributed by atoms with Crippen molar-refractivity contribution < 1.29 is 18.3 Å². The van der Waals surface area contributed by atoms with Crippen LogP contribution in [0.3, 0.4) is 0 Å². The van der Waals surface area contributed by atoms with Crippen LogP contribution in [0.15, 0.2) is 64.2 Å². The van der Waals surface area contributed by atoms with Gasteiger partial charge >= 0.3 is 0 Å². The number of rotatable bonds is 8. The summed E-state index contributed by atoms with van der Waals surface area (Å²) in [6, 6.07) is 15.8. The van der Waals surface area contributed by atoms with Crippen molar-refractivity contribution in [1.29, 1.82) is 0 Å². The molecule has 0 radical (unpaired) electrons. The minimum atomic E-state index is -0.635. The van der Waals surface area contributed by atoms with E-state index in [9.17, 15) is 9.18 Å². The number of aromatic nitrogens is 2. The van der Waals surface area contributed by atoms with Gasteiger partial charge in [-0.15, -0.1) is 10.2 Å². The Balaban J connectivity index is 1.48. The number of halogens is 1. The summed E-state index contributed by atoms with van der Waals surface area (Å²) >= 11 is 1.19. The first kappa shape index (κ1) is 19.4. The number of hydrogen-bond acceptors (Lipinski definition) is 6. The maximum Gasteiger partial charge on any atom is 0.277 e. The average molecular weight is 413 g/mol. The van der Waals surface area contributed by atoms with Crippen LogP contribution in [0.5, 0.6) is 5.75 Å². The second kappa shape index (κ2) is 8.65. The zero-order chi connectivity index (χ0) is 20.2. The van der Waals surface area contributed by atoms with Crippen LogP contribution < -0.4 is 10.1 Å². The molecule has 0 spiro atoms. The molecule has 2 atom stereocenters. The van der Waals surface area contributed by atoms with Crippen molar-refractivity contribution in [2.75, 3.05) is 0 Å². The van der Waals surface area contributed by atoms with Crippen LogP contribution >= 0.6 is 11.8 Å². The van der Waals surface area contributed by atoms with Gasteiger partial charge in [-0.1, -0.05) is 42.5 Å². The lowest BCUT2D eigenvalue weighted by Crippen LogP contribution is -2.29. The summed E-state index contributed by atoms with van der Waals surface area (Å²) in [5.74, 6) is -0.225. The largest absolute Gasteiger partial charge is 0.478 e. The maximum absolute atomic E-state index is 13.8. The lowest BCUT2D eigenvalue weighted by molar-refractivity contribution is -0.120. The Morgan fingerprint density at radius 2 is 1.90 bits per heavy atom. The van der Waals surface area contributed by atoms with Crippen LogP contribution in [0, 0.1) is 5.82 Å². The van der Waals surface area contributed by atoms with Crippen molar-refractivity contribution in [2.45, 2.75) is 42.4 Å². The van der Waals surface area contributed by atoms with E-state index in [1.54, 1.807) is 19.1 Å². The molecule has 29 heavy (non-hydrogen) atoms. The van der Waals surface area contributed by atoms with Crippen LogP contribution in [-0.4, -0.2) is 22.1 Å². The Labute approximate surface area is 171 Å². The molecular weight excluding hydrogens is 393 g/mol. The highest BCUT2D eigenvalue weighted by Gasteiger charge is 2.30. The van der Waals surface area contributed by atoms with E-state index >= 15 is 0 Å². The topological polar surface area (TPSA) is 77.2 Å². The molecule has 1 aliphatic rings. The molecule has 1 amide bonds. The van der Waals surface area contributed by atoms with Crippen molar-refractivity contribution in [3.8, 4) is 5.75 Å². The number of carbonyl (C=O) groups excluding carboxylic acids is 1. The first-order valence-corrected chi connectivity index (χ1v) is 10.2. The lowest BCUT2D eigenvalue weighted by atomic mass is 10.1. The van der Waals surface area contributed by atoms with E-state index in [-0.39, 0.29) is 28.8 Å². The molecule has 2 aromatic carbocycles. The predicted octanol–water partition coefficient (Wildman–Crippen LogP) is 4.46. The van der Waals surface area contributed by atoms with Gasteiger partial charge < -0.3 is 14.5 Å². The van der Waals surface area contributed by atoms with Gasteiger partial charge in [-0.2, -0.15) is 0 Å². The normalized spacial score (nSPS) is 15.5. The van der Waals surface area contributed by atoms with Gasteiger partial charge in [-0.3, -0.25) is 4.79 Å². The third-order valence-corrected chi connectivity index (χ3v) is 5.48. The number of amides is 1. The fourth-order valence-corrected chi connectivity index (χ4v) is 3.61. The van der Waals surface area contributed by atoms with Gasteiger partial charge in [-0.25, -0.2) is 4.39 Å². The molecule has 8 heteroatoms. The zero-order valence-corrected chi connectivity index (χ0v) is 16.6. The third kappa shape index (κ3) is 4.95. The number of carbonyl (C=O) groups is 1. The summed E-state index contributed by atoms with van der Waals surface area (Å²) < 4.78 is 25.1. The van der Waals surface area contributed by atoms with E-state index in [2.05, 4.69) is 15.5 Å². The standard InChI is InChI=1S/C21H20FN3O3S/c1-13(27-17-10-6-5-9-16(17)22)20-24-25-21(28-20)29-18(14-7-3-2-4-8-14)19(26)23-15-11-12-15/h2-10,13,15,18H,11-12H2,1H3,(H,23,26)/t13-,18-/m1/s1. The van der Waals surface area contributed by atoms with Gasteiger partial charge in [0.15, 0.2) is 17.7 Å². The Hall–Kier alpha value is -2.87. The first-order valence-electron chi connectivity index (χ1n) is 9.36. The quantitative estimate of drug-likeness (QED) is 0.550.